The minimum Gasteiger partial charge on any atom is -0.354 e. The molecule has 3 aromatic rings. The second-order valence-corrected chi connectivity index (χ2v) is 6.60. The van der Waals surface area contributed by atoms with E-state index in [0.29, 0.717) is 39.5 Å². The van der Waals surface area contributed by atoms with Crippen LogP contribution in [0.5, 0.6) is 0 Å². The Balaban J connectivity index is 2.02. The van der Waals surface area contributed by atoms with Gasteiger partial charge in [-0.2, -0.15) is 9.97 Å². The van der Waals surface area contributed by atoms with E-state index in [9.17, 15) is 4.79 Å². The Hall–Kier alpha value is -2.57. The normalized spacial score (nSPS) is 10.6. The summed E-state index contributed by atoms with van der Waals surface area (Å²) < 4.78 is 0. The third-order valence-corrected chi connectivity index (χ3v) is 4.49. The molecule has 6 nitrogen and oxygen atoms in total. The number of nitrogens with zero attached hydrogens (tertiary/aromatic N) is 4. The van der Waals surface area contributed by atoms with Gasteiger partial charge in [0.05, 0.1) is 10.0 Å². The van der Waals surface area contributed by atoms with Gasteiger partial charge >= 0.3 is 0 Å². The van der Waals surface area contributed by atoms with Crippen molar-refractivity contribution in [1.82, 2.24) is 19.9 Å². The third-order valence-electron chi connectivity index (χ3n) is 3.75. The van der Waals surface area contributed by atoms with Gasteiger partial charge in [-0.25, -0.2) is 4.98 Å². The van der Waals surface area contributed by atoms with Crippen LogP contribution in [0.2, 0.25) is 10.0 Å². The van der Waals surface area contributed by atoms with Gasteiger partial charge in [0.25, 0.3) is 0 Å². The third kappa shape index (κ3) is 4.78. The number of carbonyl (C=O) groups excluding carboxylic acids is 1. The van der Waals surface area contributed by atoms with Gasteiger partial charge in [0.2, 0.25) is 17.6 Å². The van der Waals surface area contributed by atoms with Crippen LogP contribution in [0.3, 0.4) is 0 Å². The van der Waals surface area contributed by atoms with Crippen molar-refractivity contribution in [3.8, 4) is 11.4 Å². The Labute approximate surface area is 167 Å². The summed E-state index contributed by atoms with van der Waals surface area (Å²) in [6.07, 6.45) is 5.07. The maximum atomic E-state index is 12.8. The first-order valence-corrected chi connectivity index (χ1v) is 9.24. The maximum absolute atomic E-state index is 12.8. The lowest BCUT2D eigenvalue weighted by Crippen LogP contribution is -2.14. The number of unbranched alkanes of at least 4 members (excludes halogenated alkanes) is 1. The Morgan fingerprint density at radius 3 is 2.67 bits per heavy atom. The molecule has 0 aliphatic rings. The molecule has 0 amide bonds. The Bertz CT molecular complexity index is 950. The highest BCUT2D eigenvalue weighted by atomic mass is 35.5. The maximum Gasteiger partial charge on any atom is 0.231 e. The molecular weight excluding hydrogens is 385 g/mol. The number of carbonyl (C=O) groups is 1. The monoisotopic (exact) mass is 401 g/mol. The number of nitrogens with one attached hydrogen (secondary N) is 1. The van der Waals surface area contributed by atoms with Gasteiger partial charge < -0.3 is 5.32 Å². The number of rotatable bonds is 7. The molecule has 0 saturated heterocycles. The molecule has 0 aliphatic carbocycles. The van der Waals surface area contributed by atoms with Crippen molar-refractivity contribution >= 4 is 34.9 Å². The summed E-state index contributed by atoms with van der Waals surface area (Å²) in [6.45, 7) is 2.79. The van der Waals surface area contributed by atoms with E-state index in [2.05, 4.69) is 32.2 Å². The van der Waals surface area contributed by atoms with E-state index in [1.54, 1.807) is 36.5 Å². The molecule has 1 aromatic carbocycles. The van der Waals surface area contributed by atoms with E-state index >= 15 is 0 Å². The van der Waals surface area contributed by atoms with Crippen LogP contribution in [0.4, 0.5) is 5.95 Å². The largest absolute Gasteiger partial charge is 0.354 e. The van der Waals surface area contributed by atoms with Crippen LogP contribution in [0.1, 0.15) is 35.9 Å². The predicted octanol–water partition coefficient (Wildman–Crippen LogP) is 4.68. The highest BCUT2D eigenvalue weighted by molar-refractivity contribution is 6.42. The molecule has 0 bridgehead atoms. The van der Waals surface area contributed by atoms with Gasteiger partial charge in [-0.05, 0) is 36.8 Å². The lowest BCUT2D eigenvalue weighted by atomic mass is 10.1. The molecule has 0 fully saturated rings. The predicted molar refractivity (Wildman–Crippen MR) is 106 cm³/mol. The molecule has 0 radical (unpaired) electrons. The number of anilines is 1. The molecule has 27 heavy (non-hydrogen) atoms. The van der Waals surface area contributed by atoms with Crippen molar-refractivity contribution in [2.45, 2.75) is 19.8 Å². The standard InChI is InChI=1S/C19H17Cl2N5O/c1-2-3-9-23-19-25-17(12-6-7-14(20)15(21)10-12)24-18(26-19)16(27)13-5-4-8-22-11-13/h4-8,10-11H,2-3,9H2,1H3,(H,23,24,25,26). The Kier molecular flexibility index (Phi) is 6.32. The first-order valence-electron chi connectivity index (χ1n) is 8.48. The van der Waals surface area contributed by atoms with E-state index in [0.717, 1.165) is 12.8 Å². The summed E-state index contributed by atoms with van der Waals surface area (Å²) in [5, 5.41) is 3.96. The van der Waals surface area contributed by atoms with E-state index < -0.39 is 0 Å². The second-order valence-electron chi connectivity index (χ2n) is 5.79. The molecule has 138 valence electrons. The molecule has 0 saturated carbocycles. The zero-order valence-electron chi connectivity index (χ0n) is 14.6. The molecule has 0 atom stereocenters. The highest BCUT2D eigenvalue weighted by Crippen LogP contribution is 2.27. The molecule has 0 unspecified atom stereocenters. The highest BCUT2D eigenvalue weighted by Gasteiger charge is 2.17. The minimum atomic E-state index is -0.328. The lowest BCUT2D eigenvalue weighted by Gasteiger charge is -2.09. The number of aromatic nitrogens is 4. The summed E-state index contributed by atoms with van der Waals surface area (Å²) in [7, 11) is 0. The lowest BCUT2D eigenvalue weighted by molar-refractivity contribution is 0.102. The van der Waals surface area contributed by atoms with E-state index in [-0.39, 0.29) is 11.6 Å². The number of benzene rings is 1. The zero-order chi connectivity index (χ0) is 19.2. The average Bonchev–Trinajstić information content (AvgIpc) is 2.70. The summed E-state index contributed by atoms with van der Waals surface area (Å²) in [5.41, 5.74) is 1.05. The smallest absolute Gasteiger partial charge is 0.231 e. The minimum absolute atomic E-state index is 0.0399. The molecule has 2 heterocycles. The van der Waals surface area contributed by atoms with Crippen LogP contribution >= 0.6 is 23.2 Å². The van der Waals surface area contributed by atoms with Gasteiger partial charge in [0, 0.05) is 30.1 Å². The van der Waals surface area contributed by atoms with E-state index in [4.69, 9.17) is 23.2 Å². The molecule has 0 spiro atoms. The zero-order valence-corrected chi connectivity index (χ0v) is 16.1. The second kappa shape index (κ2) is 8.88. The van der Waals surface area contributed by atoms with Crippen LogP contribution in [-0.2, 0) is 0 Å². The fraction of sp³-hybridized carbons (Fsp3) is 0.211. The van der Waals surface area contributed by atoms with Gasteiger partial charge in [-0.3, -0.25) is 9.78 Å². The number of hydrogen-bond acceptors (Lipinski definition) is 6. The summed E-state index contributed by atoms with van der Waals surface area (Å²) in [5.74, 6) is 0.394. The molecule has 8 heteroatoms. The van der Waals surface area contributed by atoms with Crippen molar-refractivity contribution in [1.29, 1.82) is 0 Å². The number of hydrogen-bond donors (Lipinski definition) is 1. The fourth-order valence-corrected chi connectivity index (χ4v) is 2.62. The quantitative estimate of drug-likeness (QED) is 0.457. The van der Waals surface area contributed by atoms with Crippen LogP contribution in [0, 0.1) is 0 Å². The van der Waals surface area contributed by atoms with Crippen LogP contribution in [0.15, 0.2) is 42.7 Å². The summed E-state index contributed by atoms with van der Waals surface area (Å²) >= 11 is 12.1. The van der Waals surface area contributed by atoms with Crippen molar-refractivity contribution in [2.75, 3.05) is 11.9 Å². The molecule has 1 N–H and O–H groups in total. The number of ketones is 1. The van der Waals surface area contributed by atoms with E-state index in [1.165, 1.54) is 6.20 Å². The topological polar surface area (TPSA) is 80.7 Å². The van der Waals surface area contributed by atoms with Crippen LogP contribution in [-0.4, -0.2) is 32.3 Å². The van der Waals surface area contributed by atoms with Gasteiger partial charge in [-0.1, -0.05) is 36.5 Å². The van der Waals surface area contributed by atoms with Crippen LogP contribution in [0.25, 0.3) is 11.4 Å². The van der Waals surface area contributed by atoms with Gasteiger partial charge in [0.1, 0.15) is 0 Å². The molecule has 0 aliphatic heterocycles. The van der Waals surface area contributed by atoms with Crippen molar-refractivity contribution in [3.05, 3.63) is 64.2 Å². The summed E-state index contributed by atoms with van der Waals surface area (Å²) in [6, 6.07) is 8.43. The molecule has 3 rings (SSSR count). The Morgan fingerprint density at radius 1 is 1.11 bits per heavy atom. The van der Waals surface area contributed by atoms with Crippen molar-refractivity contribution in [2.24, 2.45) is 0 Å². The number of pyridine rings is 1. The fourth-order valence-electron chi connectivity index (χ4n) is 2.32. The molecule has 2 aromatic heterocycles. The van der Waals surface area contributed by atoms with Crippen molar-refractivity contribution in [3.63, 3.8) is 0 Å². The first kappa shape index (κ1) is 19.2. The number of halogens is 2. The van der Waals surface area contributed by atoms with Gasteiger partial charge in [-0.15, -0.1) is 0 Å². The first-order chi connectivity index (χ1) is 13.1. The average molecular weight is 402 g/mol. The van der Waals surface area contributed by atoms with Crippen LogP contribution < -0.4 is 5.32 Å². The Morgan fingerprint density at radius 2 is 1.96 bits per heavy atom. The summed E-state index contributed by atoms with van der Waals surface area (Å²) in [4.78, 5) is 29.8. The SMILES string of the molecule is CCCCNc1nc(C(=O)c2cccnc2)nc(-c2ccc(Cl)c(Cl)c2)n1. The van der Waals surface area contributed by atoms with Gasteiger partial charge in [0.15, 0.2) is 5.82 Å². The van der Waals surface area contributed by atoms with Crippen molar-refractivity contribution < 1.29 is 4.79 Å². The molecular formula is C19H17Cl2N5O. The van der Waals surface area contributed by atoms with E-state index in [1.807, 2.05) is 0 Å².